The van der Waals surface area contributed by atoms with Gasteiger partial charge in [-0.1, -0.05) is 108 Å². The van der Waals surface area contributed by atoms with Gasteiger partial charge in [0.25, 0.3) is 0 Å². The summed E-state index contributed by atoms with van der Waals surface area (Å²) in [7, 11) is 0. The molecule has 3 nitrogen and oxygen atoms in total. The number of carbonyl (C=O) groups is 1. The summed E-state index contributed by atoms with van der Waals surface area (Å²) >= 11 is 0. The highest BCUT2D eigenvalue weighted by Crippen LogP contribution is 2.29. The lowest BCUT2D eigenvalue weighted by molar-refractivity contribution is 0.0726. The predicted molar refractivity (Wildman–Crippen MR) is 155 cm³/mol. The fourth-order valence-electron chi connectivity index (χ4n) is 4.52. The fraction of sp³-hybridized carbons (Fsp3) is 0.441. The summed E-state index contributed by atoms with van der Waals surface area (Å²) in [5.74, 6) is -3.77. The van der Waals surface area contributed by atoms with E-state index < -0.39 is 23.4 Å². The topological polar surface area (TPSA) is 35.5 Å². The molecule has 0 N–H and O–H groups in total. The van der Waals surface area contributed by atoms with Crippen molar-refractivity contribution in [3.63, 3.8) is 0 Å². The van der Waals surface area contributed by atoms with E-state index in [2.05, 4.69) is 38.1 Å². The van der Waals surface area contributed by atoms with E-state index in [9.17, 15) is 13.6 Å². The van der Waals surface area contributed by atoms with Gasteiger partial charge in [-0.3, -0.25) is 0 Å². The Balaban J connectivity index is 1.51. The third-order valence-corrected chi connectivity index (χ3v) is 6.95. The number of rotatable bonds is 17. The summed E-state index contributed by atoms with van der Waals surface area (Å²) in [6, 6.07) is 17.9. The molecule has 0 bridgehead atoms. The molecule has 0 aliphatic rings. The number of esters is 1. The second kappa shape index (κ2) is 16.7. The molecule has 0 heterocycles. The van der Waals surface area contributed by atoms with Crippen LogP contribution < -0.4 is 9.47 Å². The van der Waals surface area contributed by atoms with Crippen molar-refractivity contribution in [3.05, 3.63) is 83.4 Å². The molecule has 3 rings (SSSR count). The average Bonchev–Trinajstić information content (AvgIpc) is 2.96. The Morgan fingerprint density at radius 1 is 0.615 bits per heavy atom. The first-order chi connectivity index (χ1) is 19.0. The van der Waals surface area contributed by atoms with Gasteiger partial charge in [0.2, 0.25) is 11.6 Å². The molecule has 0 radical (unpaired) electrons. The number of hydrogen-bond donors (Lipinski definition) is 0. The lowest BCUT2D eigenvalue weighted by atomic mass is 10.00. The molecule has 210 valence electrons. The largest absolute Gasteiger partial charge is 0.490 e. The number of ether oxygens (including phenoxy) is 2. The van der Waals surface area contributed by atoms with Crippen molar-refractivity contribution < 1.29 is 23.0 Å². The molecule has 0 aliphatic carbocycles. The molecule has 0 saturated carbocycles. The van der Waals surface area contributed by atoms with E-state index in [0.29, 0.717) is 6.61 Å². The number of carbonyl (C=O) groups excluding carboxylic acids is 1. The summed E-state index contributed by atoms with van der Waals surface area (Å²) < 4.78 is 39.5. The molecule has 0 amide bonds. The molecule has 0 saturated heterocycles. The standard InChI is InChI=1S/C34H42F2O3/c1-3-5-7-9-10-12-14-26-15-17-27(18-16-26)28-19-21-29(22-20-28)34(37)39-31-24-23-30(32(35)33(31)36)38-25-13-11-8-6-4-2/h15-24H,3-14,25H2,1-2H3. The number of hydrogen-bond acceptors (Lipinski definition) is 3. The van der Waals surface area contributed by atoms with E-state index in [1.165, 1.54) is 56.2 Å². The van der Waals surface area contributed by atoms with Crippen molar-refractivity contribution in [2.45, 2.75) is 90.9 Å². The molecular formula is C34H42F2O3. The van der Waals surface area contributed by atoms with Crippen LogP contribution in [0.3, 0.4) is 0 Å². The third kappa shape index (κ3) is 9.80. The highest BCUT2D eigenvalue weighted by molar-refractivity contribution is 5.91. The maximum Gasteiger partial charge on any atom is 0.343 e. The maximum absolute atomic E-state index is 14.5. The van der Waals surface area contributed by atoms with Crippen molar-refractivity contribution in [1.29, 1.82) is 0 Å². The lowest BCUT2D eigenvalue weighted by Gasteiger charge is -2.11. The van der Waals surface area contributed by atoms with Gasteiger partial charge in [0, 0.05) is 0 Å². The Morgan fingerprint density at radius 3 is 1.77 bits per heavy atom. The molecule has 0 spiro atoms. The second-order valence-corrected chi connectivity index (χ2v) is 10.1. The van der Waals surface area contributed by atoms with Crippen LogP contribution in [-0.2, 0) is 6.42 Å². The van der Waals surface area contributed by atoms with Crippen molar-refractivity contribution in [2.24, 2.45) is 0 Å². The highest BCUT2D eigenvalue weighted by atomic mass is 19.2. The average molecular weight is 537 g/mol. The Labute approximate surface area is 232 Å². The Morgan fingerprint density at radius 2 is 1.13 bits per heavy atom. The van der Waals surface area contributed by atoms with Crippen molar-refractivity contribution in [3.8, 4) is 22.6 Å². The molecule has 0 unspecified atom stereocenters. The molecule has 0 fully saturated rings. The zero-order chi connectivity index (χ0) is 27.9. The summed E-state index contributed by atoms with van der Waals surface area (Å²) in [5.41, 5.74) is 3.60. The highest BCUT2D eigenvalue weighted by Gasteiger charge is 2.19. The first-order valence-corrected chi connectivity index (χ1v) is 14.6. The Bertz CT molecular complexity index is 1140. The van der Waals surface area contributed by atoms with Gasteiger partial charge in [-0.25, -0.2) is 4.79 Å². The van der Waals surface area contributed by atoms with Gasteiger partial charge in [0.15, 0.2) is 11.5 Å². The second-order valence-electron chi connectivity index (χ2n) is 10.1. The number of halogens is 2. The summed E-state index contributed by atoms with van der Waals surface area (Å²) in [4.78, 5) is 12.6. The smallest absolute Gasteiger partial charge is 0.343 e. The molecular weight excluding hydrogens is 494 g/mol. The monoisotopic (exact) mass is 536 g/mol. The van der Waals surface area contributed by atoms with Crippen LogP contribution in [0.15, 0.2) is 60.7 Å². The first kappa shape index (κ1) is 30.3. The molecule has 0 atom stereocenters. The predicted octanol–water partition coefficient (Wildman–Crippen LogP) is 10.1. The van der Waals surface area contributed by atoms with Crippen LogP contribution in [0.5, 0.6) is 11.5 Å². The van der Waals surface area contributed by atoms with Gasteiger partial charge in [0.1, 0.15) is 0 Å². The van der Waals surface area contributed by atoms with Gasteiger partial charge in [0.05, 0.1) is 12.2 Å². The van der Waals surface area contributed by atoms with E-state index >= 15 is 0 Å². The maximum atomic E-state index is 14.5. The summed E-state index contributed by atoms with van der Waals surface area (Å²) in [6.07, 6.45) is 13.9. The molecule has 5 heteroatoms. The Hall–Kier alpha value is -3.21. The molecule has 3 aromatic carbocycles. The first-order valence-electron chi connectivity index (χ1n) is 14.6. The van der Waals surface area contributed by atoms with Crippen molar-refractivity contribution in [1.82, 2.24) is 0 Å². The Kier molecular flexibility index (Phi) is 13.0. The van der Waals surface area contributed by atoms with Gasteiger partial charge in [-0.2, -0.15) is 8.78 Å². The minimum Gasteiger partial charge on any atom is -0.490 e. The van der Waals surface area contributed by atoms with Crippen LogP contribution in [0.1, 0.15) is 100 Å². The van der Waals surface area contributed by atoms with Crippen LogP contribution in [0.2, 0.25) is 0 Å². The molecule has 0 aliphatic heterocycles. The van der Waals surface area contributed by atoms with Gasteiger partial charge < -0.3 is 9.47 Å². The van der Waals surface area contributed by atoms with Crippen LogP contribution in [0.25, 0.3) is 11.1 Å². The van der Waals surface area contributed by atoms with Gasteiger partial charge in [-0.05, 0) is 60.2 Å². The zero-order valence-electron chi connectivity index (χ0n) is 23.4. The number of benzene rings is 3. The normalized spacial score (nSPS) is 11.0. The van der Waals surface area contributed by atoms with E-state index in [-0.39, 0.29) is 11.3 Å². The van der Waals surface area contributed by atoms with E-state index in [4.69, 9.17) is 9.47 Å². The summed E-state index contributed by atoms with van der Waals surface area (Å²) in [6.45, 7) is 4.68. The molecule has 3 aromatic rings. The van der Waals surface area contributed by atoms with Crippen LogP contribution in [-0.4, -0.2) is 12.6 Å². The van der Waals surface area contributed by atoms with Crippen LogP contribution in [0.4, 0.5) is 8.78 Å². The quantitative estimate of drug-likeness (QED) is 0.0978. The van der Waals surface area contributed by atoms with Crippen LogP contribution >= 0.6 is 0 Å². The third-order valence-electron chi connectivity index (χ3n) is 6.95. The lowest BCUT2D eigenvalue weighted by Crippen LogP contribution is -2.10. The van der Waals surface area contributed by atoms with Crippen molar-refractivity contribution >= 4 is 5.97 Å². The van der Waals surface area contributed by atoms with Gasteiger partial charge >= 0.3 is 5.97 Å². The zero-order valence-corrected chi connectivity index (χ0v) is 23.4. The molecule has 0 aromatic heterocycles. The minimum atomic E-state index is -1.23. The number of unbranched alkanes of at least 4 members (excludes halogenated alkanes) is 9. The molecule has 39 heavy (non-hydrogen) atoms. The van der Waals surface area contributed by atoms with Crippen LogP contribution in [0, 0.1) is 11.6 Å². The SMILES string of the molecule is CCCCCCCCc1ccc(-c2ccc(C(=O)Oc3ccc(OCCCCCCC)c(F)c3F)cc2)cc1. The fourth-order valence-corrected chi connectivity index (χ4v) is 4.52. The van der Waals surface area contributed by atoms with E-state index in [1.807, 2.05) is 12.1 Å². The summed E-state index contributed by atoms with van der Waals surface area (Å²) in [5, 5.41) is 0. The van der Waals surface area contributed by atoms with E-state index in [1.54, 1.807) is 12.1 Å². The van der Waals surface area contributed by atoms with Crippen molar-refractivity contribution in [2.75, 3.05) is 6.61 Å². The number of aryl methyl sites for hydroxylation is 1. The van der Waals surface area contributed by atoms with E-state index in [0.717, 1.165) is 49.7 Å². The minimum absolute atomic E-state index is 0.176. The van der Waals surface area contributed by atoms with Gasteiger partial charge in [-0.15, -0.1) is 0 Å².